The van der Waals surface area contributed by atoms with E-state index in [-0.39, 0.29) is 6.04 Å². The molecule has 1 aliphatic rings. The number of nitrogens with one attached hydrogen (secondary N) is 1. The number of H-pyrrole nitrogens is 1. The Bertz CT molecular complexity index is 1140. The highest BCUT2D eigenvalue weighted by Gasteiger charge is 2.27. The summed E-state index contributed by atoms with van der Waals surface area (Å²) in [7, 11) is 0. The molecule has 1 fully saturated rings. The third-order valence-corrected chi connectivity index (χ3v) is 6.44. The summed E-state index contributed by atoms with van der Waals surface area (Å²) in [6.07, 6.45) is 1.49. The number of thiol groups is 1. The van der Waals surface area contributed by atoms with E-state index in [4.69, 9.17) is 0 Å². The first-order chi connectivity index (χ1) is 16.2. The number of aromatic nitrogens is 4. The monoisotopic (exact) mass is 460 g/mol. The van der Waals surface area contributed by atoms with E-state index in [1.54, 1.807) is 6.33 Å². The van der Waals surface area contributed by atoms with Crippen molar-refractivity contribution in [2.24, 2.45) is 0 Å². The maximum atomic E-state index is 10.8. The van der Waals surface area contributed by atoms with E-state index >= 15 is 0 Å². The molecule has 3 heterocycles. The summed E-state index contributed by atoms with van der Waals surface area (Å²) in [4.78, 5) is 20.8. The Hall–Kier alpha value is -2.78. The highest BCUT2D eigenvalue weighted by Crippen LogP contribution is 2.29. The van der Waals surface area contributed by atoms with E-state index in [2.05, 4.69) is 103 Å². The lowest BCUT2D eigenvalue weighted by Crippen LogP contribution is -2.49. The van der Waals surface area contributed by atoms with Crippen molar-refractivity contribution in [1.29, 1.82) is 0 Å². The second kappa shape index (κ2) is 10.0. The van der Waals surface area contributed by atoms with E-state index in [1.165, 1.54) is 11.1 Å². The zero-order valence-corrected chi connectivity index (χ0v) is 19.3. The molecular weight excluding hydrogens is 432 g/mol. The Morgan fingerprint density at radius 3 is 2.18 bits per heavy atom. The smallest absolute Gasteiger partial charge is 0.186 e. The zero-order valence-electron chi connectivity index (χ0n) is 18.4. The lowest BCUT2D eigenvalue weighted by atomic mass is 9.96. The summed E-state index contributed by atoms with van der Waals surface area (Å²) in [6.45, 7) is 4.31. The van der Waals surface area contributed by atoms with E-state index in [1.807, 2.05) is 0 Å². The molecule has 170 valence electrons. The Morgan fingerprint density at radius 1 is 0.909 bits per heavy atom. The number of hydrogen-bond acceptors (Lipinski definition) is 7. The third kappa shape index (κ3) is 5.09. The number of nitrogens with zero attached hydrogens (tertiary/aromatic N) is 5. The van der Waals surface area contributed by atoms with Gasteiger partial charge in [-0.25, -0.2) is 15.0 Å². The molecule has 8 heteroatoms. The second-order valence-corrected chi connectivity index (χ2v) is 8.89. The van der Waals surface area contributed by atoms with E-state index < -0.39 is 6.10 Å². The minimum absolute atomic E-state index is 0.238. The van der Waals surface area contributed by atoms with Gasteiger partial charge in [0.05, 0.1) is 24.2 Å². The summed E-state index contributed by atoms with van der Waals surface area (Å²) < 4.78 is 0. The van der Waals surface area contributed by atoms with E-state index in [0.717, 1.165) is 31.9 Å². The molecule has 0 spiro atoms. The average molecular weight is 461 g/mol. The first-order valence-electron chi connectivity index (χ1n) is 11.3. The van der Waals surface area contributed by atoms with Crippen LogP contribution in [0.25, 0.3) is 11.2 Å². The molecule has 2 aromatic carbocycles. The molecule has 1 unspecified atom stereocenters. The minimum Gasteiger partial charge on any atom is -0.391 e. The molecule has 0 aliphatic carbocycles. The van der Waals surface area contributed by atoms with E-state index in [9.17, 15) is 5.11 Å². The Kier molecular flexibility index (Phi) is 6.68. The van der Waals surface area contributed by atoms with Gasteiger partial charge in [0.2, 0.25) is 0 Å². The van der Waals surface area contributed by atoms with Gasteiger partial charge in [0.1, 0.15) is 5.52 Å². The second-order valence-electron chi connectivity index (χ2n) is 8.49. The molecule has 1 saturated heterocycles. The summed E-state index contributed by atoms with van der Waals surface area (Å²) in [5.41, 5.74) is 4.70. The highest BCUT2D eigenvalue weighted by molar-refractivity contribution is 7.80. The molecule has 0 radical (unpaired) electrons. The predicted octanol–water partition coefficient (Wildman–Crippen LogP) is 2.95. The fourth-order valence-corrected chi connectivity index (χ4v) is 4.92. The van der Waals surface area contributed by atoms with Crippen LogP contribution < -0.4 is 0 Å². The van der Waals surface area contributed by atoms with Crippen LogP contribution in [0.4, 0.5) is 0 Å². The molecule has 5 rings (SSSR count). The lowest BCUT2D eigenvalue weighted by molar-refractivity contribution is 0.0624. The SMILES string of the molecule is OC(Cc1nc(S)nc2[nH]cnc12)CN1CCN(C(c2ccccc2)c2ccccc2)CC1. The maximum absolute atomic E-state index is 10.8. The van der Waals surface area contributed by atoms with Crippen LogP contribution in [0.2, 0.25) is 0 Å². The molecule has 7 nitrogen and oxygen atoms in total. The fourth-order valence-electron chi connectivity index (χ4n) is 4.70. The van der Waals surface area contributed by atoms with Gasteiger partial charge in [0, 0.05) is 39.1 Å². The van der Waals surface area contributed by atoms with Crippen LogP contribution >= 0.6 is 12.6 Å². The minimum atomic E-state index is -0.530. The number of piperazine rings is 1. The molecule has 0 saturated carbocycles. The topological polar surface area (TPSA) is 81.2 Å². The first kappa shape index (κ1) is 22.0. The molecule has 1 aliphatic heterocycles. The van der Waals surface area contributed by atoms with Crippen molar-refractivity contribution in [2.75, 3.05) is 32.7 Å². The Morgan fingerprint density at radius 2 is 1.55 bits per heavy atom. The molecule has 4 aromatic rings. The Labute approximate surface area is 198 Å². The number of rotatable bonds is 7. The normalized spacial score (nSPS) is 16.5. The number of benzene rings is 2. The number of hydrogen-bond donors (Lipinski definition) is 3. The predicted molar refractivity (Wildman–Crippen MR) is 131 cm³/mol. The fraction of sp³-hybridized carbons (Fsp3) is 0.320. The van der Waals surface area contributed by atoms with Gasteiger partial charge in [-0.15, -0.1) is 12.6 Å². The van der Waals surface area contributed by atoms with Crippen molar-refractivity contribution >= 4 is 23.8 Å². The zero-order chi connectivity index (χ0) is 22.6. The van der Waals surface area contributed by atoms with Gasteiger partial charge < -0.3 is 10.1 Å². The summed E-state index contributed by atoms with van der Waals surface area (Å²) in [6, 6.07) is 21.6. The van der Waals surface area contributed by atoms with Crippen molar-refractivity contribution in [3.05, 3.63) is 83.8 Å². The van der Waals surface area contributed by atoms with Crippen LogP contribution in [0, 0.1) is 0 Å². The molecule has 33 heavy (non-hydrogen) atoms. The molecule has 2 aromatic heterocycles. The van der Waals surface area contributed by atoms with Gasteiger partial charge in [-0.2, -0.15) is 0 Å². The standard InChI is InChI=1S/C25H28N6OS/c32-20(15-21-22-24(27-17-26-22)29-25(33)28-21)16-30-11-13-31(14-12-30)23(18-7-3-1-4-8-18)19-9-5-2-6-10-19/h1-10,17,20,23,32H,11-16H2,(H2,26,27,28,29,33). The van der Waals surface area contributed by atoms with Gasteiger partial charge in [-0.05, 0) is 11.1 Å². The van der Waals surface area contributed by atoms with E-state index in [0.29, 0.717) is 29.3 Å². The molecule has 0 bridgehead atoms. The van der Waals surface area contributed by atoms with Crippen LogP contribution in [-0.2, 0) is 6.42 Å². The third-order valence-electron chi connectivity index (χ3n) is 6.24. The highest BCUT2D eigenvalue weighted by atomic mass is 32.1. The quantitative estimate of drug-likeness (QED) is 0.291. The van der Waals surface area contributed by atoms with Crippen LogP contribution in [0.5, 0.6) is 0 Å². The number of aromatic amines is 1. The summed E-state index contributed by atoms with van der Waals surface area (Å²) >= 11 is 4.28. The van der Waals surface area contributed by atoms with Crippen LogP contribution in [0.15, 0.2) is 72.1 Å². The van der Waals surface area contributed by atoms with Crippen LogP contribution in [0.1, 0.15) is 22.9 Å². The van der Waals surface area contributed by atoms with Crippen molar-refractivity contribution < 1.29 is 5.11 Å². The number of aliphatic hydroxyl groups excluding tert-OH is 1. The van der Waals surface area contributed by atoms with Gasteiger partial charge >= 0.3 is 0 Å². The maximum Gasteiger partial charge on any atom is 0.186 e. The first-order valence-corrected chi connectivity index (χ1v) is 11.8. The number of imidazole rings is 1. The molecule has 0 amide bonds. The van der Waals surface area contributed by atoms with Gasteiger partial charge in [0.25, 0.3) is 0 Å². The molecular formula is C25H28N6OS. The van der Waals surface area contributed by atoms with Crippen LogP contribution in [-0.4, -0.2) is 73.7 Å². The largest absolute Gasteiger partial charge is 0.391 e. The molecule has 2 N–H and O–H groups in total. The molecule has 1 atom stereocenters. The number of aliphatic hydroxyl groups is 1. The number of fused-ring (bicyclic) bond motifs is 1. The van der Waals surface area contributed by atoms with Crippen molar-refractivity contribution in [3.63, 3.8) is 0 Å². The van der Waals surface area contributed by atoms with Gasteiger partial charge in [0.15, 0.2) is 10.8 Å². The lowest BCUT2D eigenvalue weighted by Gasteiger charge is -2.40. The van der Waals surface area contributed by atoms with Gasteiger partial charge in [-0.3, -0.25) is 9.80 Å². The van der Waals surface area contributed by atoms with Crippen LogP contribution in [0.3, 0.4) is 0 Å². The van der Waals surface area contributed by atoms with Crippen molar-refractivity contribution in [2.45, 2.75) is 23.7 Å². The van der Waals surface area contributed by atoms with Crippen molar-refractivity contribution in [3.8, 4) is 0 Å². The average Bonchev–Trinajstić information content (AvgIpc) is 3.30. The van der Waals surface area contributed by atoms with Gasteiger partial charge in [-0.1, -0.05) is 60.7 Å². The summed E-state index contributed by atoms with van der Waals surface area (Å²) in [5, 5.41) is 11.2. The Balaban J connectivity index is 1.23. The summed E-state index contributed by atoms with van der Waals surface area (Å²) in [5.74, 6) is 0. The number of β-amino-alcohol motifs (C(OH)–C–C–N with tert-alkyl or cyclic N) is 1. The van der Waals surface area contributed by atoms with Crippen molar-refractivity contribution in [1.82, 2.24) is 29.7 Å².